The molecule has 0 saturated carbocycles. The predicted octanol–water partition coefficient (Wildman–Crippen LogP) is -4.68. The van der Waals surface area contributed by atoms with Crippen LogP contribution in [0.15, 0.2) is 116 Å². The second-order valence-electron chi connectivity index (χ2n) is 26.0. The molecule has 6 aromatic rings. The molecule has 0 aliphatic heterocycles. The first kappa shape index (κ1) is 88.1. The van der Waals surface area contributed by atoms with E-state index in [1.165, 1.54) is 37.4 Å². The molecule has 598 valence electrons. The normalized spacial score (nSPS) is 14.6. The van der Waals surface area contributed by atoms with Crippen LogP contribution in [-0.2, 0) is 92.8 Å². The van der Waals surface area contributed by atoms with Gasteiger partial charge in [-0.05, 0) is 79.6 Å². The van der Waals surface area contributed by atoms with Crippen LogP contribution in [0.5, 0.6) is 5.75 Å². The first-order valence-electron chi connectivity index (χ1n) is 35.1. The summed E-state index contributed by atoms with van der Waals surface area (Å²) in [6, 6.07) is 9.06. The predicted molar refractivity (Wildman–Crippen MR) is 409 cm³/mol. The lowest BCUT2D eigenvalue weighted by Crippen LogP contribution is -2.62. The highest BCUT2D eigenvalue weighted by atomic mass is 32.1. The molecule has 0 bridgehead atoms. The summed E-state index contributed by atoms with van der Waals surface area (Å²) in [5.41, 5.74) is 13.8. The van der Waals surface area contributed by atoms with Gasteiger partial charge >= 0.3 is 5.97 Å². The number of carboxylic acids is 1. The van der Waals surface area contributed by atoms with Crippen molar-refractivity contribution in [2.75, 3.05) is 31.2 Å². The van der Waals surface area contributed by atoms with Crippen LogP contribution in [0.25, 0.3) is 21.8 Å². The molecule has 25 N–H and O–H groups in total. The van der Waals surface area contributed by atoms with Crippen molar-refractivity contribution in [3.8, 4) is 5.75 Å². The average Bonchev–Trinajstić information content (AvgIpc) is 1.70. The van der Waals surface area contributed by atoms with E-state index in [4.69, 9.17) is 16.9 Å². The number of nitrogens with one attached hydrogen (secondary N) is 16. The third-order valence-electron chi connectivity index (χ3n) is 17.4. The summed E-state index contributed by atoms with van der Waals surface area (Å²) in [5.74, 6) is -16.2. The summed E-state index contributed by atoms with van der Waals surface area (Å²) in [5, 5.41) is 93.1. The third kappa shape index (κ3) is 27.7. The highest BCUT2D eigenvalue weighted by Gasteiger charge is 2.39. The van der Waals surface area contributed by atoms with Crippen molar-refractivity contribution >= 4 is 136 Å². The van der Waals surface area contributed by atoms with E-state index < -0.39 is 206 Å². The Kier molecular flexibility index (Phi) is 34.4. The van der Waals surface area contributed by atoms with E-state index in [0.717, 1.165) is 13.8 Å². The molecule has 0 aliphatic carbocycles. The number of aliphatic hydroxyl groups is 3. The number of para-hydroxylation sites is 2. The number of hydrogen-bond acceptors (Lipinski definition) is 21. The standard InChI is InChI=1S/C72H94N18O19S2/c1-36(92)59(70(108)85-50(61(99)79-32-57(73)96)26-39-12-5-4-6-13-39)89-63(101)48(18-11-25-76-72(74)75)81-65(103)52(28-41-30-77-46-16-9-7-14-44(41)46)84-64(102)51(27-40-19-21-43(95)22-20-40)83-69(107)56(35-111)88-62(100)49(23-24-58(97)98)82-66(104)53(29-42-31-78-47-17-10-8-15-45(42)47)86-71(109)60(37(2)93)90-67(105)54(33-91)87-68(106)55(34-110)80-38(3)94/h4-10,12-17,19-22,30-31,36-37,48-56,59-60,77-78,91-93,95,110-111H,11,18,23-29,32-35H2,1-3H3,(H2,73,96)(H,79,99)(H,80,94)(H,81,103)(H,82,104)(H,83,107)(H,84,102)(H,85,108)(H,86,109)(H,87,106)(H,88,100)(H,89,101)(H,90,105)(H,97,98)(H4,74,75,76)/t36-,37-,48+,49+,50+,51+,52+,53+,54+,55+,56+,59+,60+/m1/s1. The number of aliphatic hydroxyl groups excluding tert-OH is 3. The largest absolute Gasteiger partial charge is 0.508 e. The van der Waals surface area contributed by atoms with Gasteiger partial charge in [0.25, 0.3) is 0 Å². The average molecular weight is 1580 g/mol. The van der Waals surface area contributed by atoms with Crippen molar-refractivity contribution in [3.05, 3.63) is 138 Å². The monoisotopic (exact) mass is 1580 g/mol. The molecule has 4 aromatic carbocycles. The van der Waals surface area contributed by atoms with Crippen LogP contribution >= 0.6 is 25.3 Å². The number of fused-ring (bicyclic) bond motifs is 2. The van der Waals surface area contributed by atoms with Crippen molar-refractivity contribution in [2.45, 2.75) is 151 Å². The number of thiol groups is 2. The van der Waals surface area contributed by atoms with Gasteiger partial charge in [-0.2, -0.15) is 25.3 Å². The molecular weight excluding hydrogens is 1490 g/mol. The Bertz CT molecular complexity index is 4280. The van der Waals surface area contributed by atoms with Crippen molar-refractivity contribution in [3.63, 3.8) is 0 Å². The number of H-pyrrole nitrogens is 2. The lowest BCUT2D eigenvalue weighted by Gasteiger charge is -2.29. The van der Waals surface area contributed by atoms with Crippen LogP contribution < -0.4 is 80.6 Å². The maximum absolute atomic E-state index is 15.2. The van der Waals surface area contributed by atoms with Gasteiger partial charge < -0.3 is 116 Å². The summed E-state index contributed by atoms with van der Waals surface area (Å²) in [7, 11) is 0. The summed E-state index contributed by atoms with van der Waals surface area (Å²) in [6.45, 7) is 1.74. The molecule has 39 heteroatoms. The van der Waals surface area contributed by atoms with Gasteiger partial charge in [0.15, 0.2) is 5.96 Å². The highest BCUT2D eigenvalue weighted by Crippen LogP contribution is 2.22. The number of aromatic nitrogens is 2. The Morgan fingerprint density at radius 2 is 0.829 bits per heavy atom. The van der Waals surface area contributed by atoms with Crippen LogP contribution in [-0.4, -0.2) is 234 Å². The molecule has 13 atom stereocenters. The van der Waals surface area contributed by atoms with Crippen LogP contribution in [0.4, 0.5) is 0 Å². The van der Waals surface area contributed by atoms with Gasteiger partial charge in [0, 0.05) is 91.3 Å². The number of benzene rings is 4. The minimum atomic E-state index is -1.92. The number of amides is 13. The van der Waals surface area contributed by atoms with E-state index in [1.807, 2.05) is 0 Å². The van der Waals surface area contributed by atoms with E-state index in [-0.39, 0.29) is 50.2 Å². The van der Waals surface area contributed by atoms with Gasteiger partial charge in [-0.15, -0.1) is 0 Å². The molecule has 13 amide bonds. The van der Waals surface area contributed by atoms with E-state index in [9.17, 15) is 83.1 Å². The zero-order valence-corrected chi connectivity index (χ0v) is 62.5. The number of aromatic hydroxyl groups is 1. The first-order chi connectivity index (χ1) is 52.8. The fourth-order valence-corrected chi connectivity index (χ4v) is 12.0. The molecule has 2 heterocycles. The smallest absolute Gasteiger partial charge is 0.303 e. The molecule has 0 radical (unpaired) electrons. The van der Waals surface area contributed by atoms with Crippen LogP contribution in [0.2, 0.25) is 0 Å². The Labute approximate surface area is 646 Å². The second kappa shape index (κ2) is 43.4. The van der Waals surface area contributed by atoms with Crippen molar-refractivity contribution in [2.24, 2.45) is 11.5 Å². The Hall–Kier alpha value is -11.8. The fourth-order valence-electron chi connectivity index (χ4n) is 11.5. The number of carbonyl (C=O) groups excluding carboxylic acids is 13. The third-order valence-corrected chi connectivity index (χ3v) is 18.1. The van der Waals surface area contributed by atoms with Crippen LogP contribution in [0, 0.1) is 5.41 Å². The van der Waals surface area contributed by atoms with Crippen molar-refractivity contribution in [1.29, 1.82) is 5.41 Å². The summed E-state index contributed by atoms with van der Waals surface area (Å²) in [6.07, 6.45) is -3.22. The number of aromatic amines is 2. The van der Waals surface area contributed by atoms with Gasteiger partial charge in [-0.25, -0.2) is 0 Å². The maximum atomic E-state index is 15.2. The van der Waals surface area contributed by atoms with E-state index in [2.05, 4.69) is 104 Å². The zero-order valence-electron chi connectivity index (χ0n) is 60.7. The number of nitrogens with two attached hydrogens (primary N) is 2. The molecule has 0 spiro atoms. The molecule has 37 nitrogen and oxygen atoms in total. The highest BCUT2D eigenvalue weighted by molar-refractivity contribution is 7.80. The van der Waals surface area contributed by atoms with Gasteiger partial charge in [-0.1, -0.05) is 78.9 Å². The number of rotatable bonds is 44. The van der Waals surface area contributed by atoms with Gasteiger partial charge in [-0.3, -0.25) is 72.5 Å². The maximum Gasteiger partial charge on any atom is 0.303 e. The Balaban J connectivity index is 1.29. The minimum Gasteiger partial charge on any atom is -0.508 e. The van der Waals surface area contributed by atoms with Crippen LogP contribution in [0.3, 0.4) is 0 Å². The molecular formula is C72H94N18O19S2. The number of phenolic OH excluding ortho intramolecular Hbond substituents is 1. The molecule has 6 rings (SSSR count). The number of primary amides is 1. The molecule has 111 heavy (non-hydrogen) atoms. The summed E-state index contributed by atoms with van der Waals surface area (Å²) >= 11 is 8.38. The number of phenols is 1. The number of aliphatic carboxylic acids is 1. The molecule has 0 aliphatic rings. The lowest BCUT2D eigenvalue weighted by atomic mass is 10.0. The SMILES string of the molecule is CC(=O)N[C@@H](CS)C(=O)N[C@@H](CO)C(=O)N[C@H](C(=O)N[C@@H](Cc1c[nH]c2ccccc12)C(=O)N[C@@H](CCC(=O)O)C(=O)N[C@@H](CS)C(=O)N[C@@H](Cc1ccc(O)cc1)C(=O)N[C@@H](Cc1c[nH]c2ccccc12)C(=O)N[C@@H](CCCNC(=N)N)C(=O)N[C@H](C(=O)N[C@@H](Cc1ccccc1)C(=O)NCC(N)=O)[C@@H](C)O)[C@@H](C)O. The van der Waals surface area contributed by atoms with E-state index >= 15 is 9.59 Å². The molecule has 2 aromatic heterocycles. The lowest BCUT2D eigenvalue weighted by molar-refractivity contribution is -0.139. The van der Waals surface area contributed by atoms with E-state index in [1.54, 1.807) is 85.1 Å². The Morgan fingerprint density at radius 3 is 1.28 bits per heavy atom. The van der Waals surface area contributed by atoms with Crippen molar-refractivity contribution in [1.82, 2.24) is 79.1 Å². The fraction of sp³-hybridized carbons (Fsp3) is 0.403. The van der Waals surface area contributed by atoms with Gasteiger partial charge in [0.05, 0.1) is 25.4 Å². The summed E-state index contributed by atoms with van der Waals surface area (Å²) < 4.78 is 0. The Morgan fingerprint density at radius 1 is 0.450 bits per heavy atom. The van der Waals surface area contributed by atoms with Crippen LogP contribution in [0.1, 0.15) is 68.7 Å². The second-order valence-corrected chi connectivity index (χ2v) is 26.8. The minimum absolute atomic E-state index is 0.0121. The quantitative estimate of drug-likeness (QED) is 0.00740. The van der Waals surface area contributed by atoms with Gasteiger partial charge in [0.1, 0.15) is 72.2 Å². The molecule has 0 fully saturated rings. The van der Waals surface area contributed by atoms with Crippen molar-refractivity contribution < 1.29 is 92.7 Å². The molecule has 0 saturated heterocycles. The number of carbonyl (C=O) groups is 14. The number of hydrogen-bond donors (Lipinski definition) is 25. The molecule has 0 unspecified atom stereocenters. The van der Waals surface area contributed by atoms with E-state index in [0.29, 0.717) is 44.1 Å². The number of guanidine groups is 1. The summed E-state index contributed by atoms with van der Waals surface area (Å²) in [4.78, 5) is 199. The zero-order chi connectivity index (χ0) is 81.6. The number of carboxylic acid groups (broad SMARTS) is 1. The topological polar surface area (TPSA) is 604 Å². The van der Waals surface area contributed by atoms with Gasteiger partial charge in [0.2, 0.25) is 76.8 Å². The first-order valence-corrected chi connectivity index (χ1v) is 36.3.